The number of hydrogen-bond acceptors (Lipinski definition) is 4. The van der Waals surface area contributed by atoms with Crippen molar-refractivity contribution in [1.82, 2.24) is 0 Å². The second-order valence-electron chi connectivity index (χ2n) is 5.34. The van der Waals surface area contributed by atoms with Crippen LogP contribution in [0.3, 0.4) is 0 Å². The average Bonchev–Trinajstić information content (AvgIpc) is 2.62. The second-order valence-corrected chi connectivity index (χ2v) is 5.78. The van der Waals surface area contributed by atoms with Crippen LogP contribution in [0.25, 0.3) is 0 Å². The number of anilines is 2. The molecular weight excluding hydrogens is 340 g/mol. The molecule has 0 saturated heterocycles. The highest BCUT2D eigenvalue weighted by Crippen LogP contribution is 2.31. The monoisotopic (exact) mass is 354 g/mol. The molecule has 0 aliphatic carbocycles. The van der Waals surface area contributed by atoms with Crippen molar-refractivity contribution < 1.29 is 9.66 Å². The third-order valence-corrected chi connectivity index (χ3v) is 3.77. The minimum Gasteiger partial charge on any atom is -0.489 e. The molecule has 0 spiro atoms. The van der Waals surface area contributed by atoms with E-state index in [0.717, 1.165) is 11.3 Å². The molecule has 0 heterocycles. The van der Waals surface area contributed by atoms with Gasteiger partial charge in [-0.2, -0.15) is 0 Å². The van der Waals surface area contributed by atoms with Crippen molar-refractivity contribution in [2.24, 2.45) is 0 Å². The van der Waals surface area contributed by atoms with E-state index in [-0.39, 0.29) is 5.69 Å². The molecular formula is C19H15ClN2O3. The van der Waals surface area contributed by atoms with Gasteiger partial charge in [-0.3, -0.25) is 10.1 Å². The summed E-state index contributed by atoms with van der Waals surface area (Å²) in [7, 11) is 0. The van der Waals surface area contributed by atoms with Crippen molar-refractivity contribution in [1.29, 1.82) is 0 Å². The maximum Gasteiger partial charge on any atom is 0.292 e. The molecule has 0 radical (unpaired) electrons. The summed E-state index contributed by atoms with van der Waals surface area (Å²) in [5.74, 6) is 0.718. The number of nitro benzene ring substituents is 1. The fourth-order valence-electron chi connectivity index (χ4n) is 2.30. The first-order valence-corrected chi connectivity index (χ1v) is 7.97. The van der Waals surface area contributed by atoms with Crippen molar-refractivity contribution in [3.8, 4) is 5.75 Å². The third-order valence-electron chi connectivity index (χ3n) is 3.54. The Morgan fingerprint density at radius 3 is 2.40 bits per heavy atom. The van der Waals surface area contributed by atoms with Gasteiger partial charge in [0.1, 0.15) is 18.0 Å². The van der Waals surface area contributed by atoms with E-state index in [1.54, 1.807) is 12.1 Å². The molecule has 3 aromatic carbocycles. The lowest BCUT2D eigenvalue weighted by Crippen LogP contribution is -1.98. The zero-order valence-electron chi connectivity index (χ0n) is 13.2. The van der Waals surface area contributed by atoms with Gasteiger partial charge in [-0.15, -0.1) is 0 Å². The average molecular weight is 355 g/mol. The SMILES string of the molecule is O=[N+]([O-])c1ccc(Cl)cc1Nc1ccc(OCc2ccccc2)cc1. The number of halogens is 1. The van der Waals surface area contributed by atoms with Crippen molar-refractivity contribution in [3.05, 3.63) is 93.5 Å². The molecule has 0 amide bonds. The topological polar surface area (TPSA) is 64.4 Å². The Bertz CT molecular complexity index is 868. The van der Waals surface area contributed by atoms with Gasteiger partial charge in [0.2, 0.25) is 0 Å². The van der Waals surface area contributed by atoms with Crippen LogP contribution in [0.1, 0.15) is 5.56 Å². The van der Waals surface area contributed by atoms with Crippen LogP contribution in [0.2, 0.25) is 5.02 Å². The zero-order chi connectivity index (χ0) is 17.6. The van der Waals surface area contributed by atoms with Crippen LogP contribution in [0.4, 0.5) is 17.1 Å². The lowest BCUT2D eigenvalue weighted by Gasteiger charge is -2.10. The lowest BCUT2D eigenvalue weighted by atomic mass is 10.2. The van der Waals surface area contributed by atoms with E-state index in [1.807, 2.05) is 42.5 Å². The number of nitrogens with one attached hydrogen (secondary N) is 1. The number of benzene rings is 3. The number of nitrogens with zero attached hydrogens (tertiary/aromatic N) is 1. The Morgan fingerprint density at radius 2 is 1.72 bits per heavy atom. The fourth-order valence-corrected chi connectivity index (χ4v) is 2.47. The van der Waals surface area contributed by atoms with Crippen LogP contribution in [0, 0.1) is 10.1 Å². The highest BCUT2D eigenvalue weighted by Gasteiger charge is 2.14. The molecule has 0 fully saturated rings. The van der Waals surface area contributed by atoms with E-state index in [1.165, 1.54) is 18.2 Å². The molecule has 0 aliphatic rings. The van der Waals surface area contributed by atoms with Gasteiger partial charge in [-0.1, -0.05) is 41.9 Å². The zero-order valence-corrected chi connectivity index (χ0v) is 13.9. The number of rotatable bonds is 6. The predicted octanol–water partition coefficient (Wildman–Crippen LogP) is 5.57. The smallest absolute Gasteiger partial charge is 0.292 e. The van der Waals surface area contributed by atoms with Crippen LogP contribution in [-0.4, -0.2) is 4.92 Å². The Morgan fingerprint density at radius 1 is 1.00 bits per heavy atom. The first-order chi connectivity index (χ1) is 12.1. The summed E-state index contributed by atoms with van der Waals surface area (Å²) in [5, 5.41) is 14.5. The van der Waals surface area contributed by atoms with Gasteiger partial charge in [0.15, 0.2) is 0 Å². The number of nitro groups is 1. The fraction of sp³-hybridized carbons (Fsp3) is 0.0526. The van der Waals surface area contributed by atoms with Crippen LogP contribution in [0.5, 0.6) is 5.75 Å². The van der Waals surface area contributed by atoms with Gasteiger partial charge < -0.3 is 10.1 Å². The molecule has 0 atom stereocenters. The summed E-state index contributed by atoms with van der Waals surface area (Å²) < 4.78 is 5.72. The van der Waals surface area contributed by atoms with Gasteiger partial charge in [0.05, 0.1) is 4.92 Å². The van der Waals surface area contributed by atoms with Crippen molar-refractivity contribution in [2.45, 2.75) is 6.61 Å². The van der Waals surface area contributed by atoms with Crippen LogP contribution in [0.15, 0.2) is 72.8 Å². The van der Waals surface area contributed by atoms with Crippen molar-refractivity contribution >= 4 is 28.7 Å². The molecule has 0 bridgehead atoms. The predicted molar refractivity (Wildman–Crippen MR) is 98.6 cm³/mol. The second kappa shape index (κ2) is 7.68. The molecule has 5 nitrogen and oxygen atoms in total. The molecule has 6 heteroatoms. The van der Waals surface area contributed by atoms with E-state index in [4.69, 9.17) is 16.3 Å². The van der Waals surface area contributed by atoms with Crippen LogP contribution < -0.4 is 10.1 Å². The Hall–Kier alpha value is -3.05. The minimum atomic E-state index is -0.448. The van der Waals surface area contributed by atoms with E-state index < -0.39 is 4.92 Å². The molecule has 0 saturated carbocycles. The lowest BCUT2D eigenvalue weighted by molar-refractivity contribution is -0.383. The van der Waals surface area contributed by atoms with E-state index in [0.29, 0.717) is 23.0 Å². The van der Waals surface area contributed by atoms with Gasteiger partial charge >= 0.3 is 0 Å². The Balaban J connectivity index is 1.69. The highest BCUT2D eigenvalue weighted by atomic mass is 35.5. The minimum absolute atomic E-state index is 0.0335. The van der Waals surface area contributed by atoms with Crippen LogP contribution in [-0.2, 0) is 6.61 Å². The van der Waals surface area contributed by atoms with Gasteiger partial charge in [-0.05, 0) is 42.0 Å². The van der Waals surface area contributed by atoms with E-state index >= 15 is 0 Å². The molecule has 3 rings (SSSR count). The Kier molecular flexibility index (Phi) is 5.16. The van der Waals surface area contributed by atoms with Gasteiger partial charge in [0.25, 0.3) is 5.69 Å². The van der Waals surface area contributed by atoms with E-state index in [2.05, 4.69) is 5.32 Å². The summed E-state index contributed by atoms with van der Waals surface area (Å²) in [4.78, 5) is 10.7. The molecule has 3 aromatic rings. The summed E-state index contributed by atoms with van der Waals surface area (Å²) in [6.45, 7) is 0.480. The first-order valence-electron chi connectivity index (χ1n) is 7.59. The molecule has 0 aliphatic heterocycles. The van der Waals surface area contributed by atoms with E-state index in [9.17, 15) is 10.1 Å². The summed E-state index contributed by atoms with van der Waals surface area (Å²) in [6.07, 6.45) is 0. The summed E-state index contributed by atoms with van der Waals surface area (Å²) in [5.41, 5.74) is 2.10. The largest absolute Gasteiger partial charge is 0.489 e. The quantitative estimate of drug-likeness (QED) is 0.464. The first kappa shape index (κ1) is 16.8. The van der Waals surface area contributed by atoms with Crippen LogP contribution >= 0.6 is 11.6 Å². The molecule has 0 unspecified atom stereocenters. The maximum atomic E-state index is 11.1. The molecule has 0 aromatic heterocycles. The van der Waals surface area contributed by atoms with Gasteiger partial charge in [-0.25, -0.2) is 0 Å². The normalized spacial score (nSPS) is 10.3. The number of ether oxygens (including phenoxy) is 1. The molecule has 126 valence electrons. The van der Waals surface area contributed by atoms with Gasteiger partial charge in [0, 0.05) is 16.8 Å². The molecule has 1 N–H and O–H groups in total. The summed E-state index contributed by atoms with van der Waals surface area (Å²) >= 11 is 5.93. The van der Waals surface area contributed by atoms with Crippen molar-refractivity contribution in [2.75, 3.05) is 5.32 Å². The molecule has 25 heavy (non-hydrogen) atoms. The Labute approximate surface area is 150 Å². The highest BCUT2D eigenvalue weighted by molar-refractivity contribution is 6.31. The summed E-state index contributed by atoms with van der Waals surface area (Å²) in [6, 6.07) is 21.5. The standard InChI is InChI=1S/C19H15ClN2O3/c20-15-6-11-19(22(23)24)18(12-15)21-16-7-9-17(10-8-16)25-13-14-4-2-1-3-5-14/h1-12,21H,13H2. The van der Waals surface area contributed by atoms with Crippen molar-refractivity contribution in [3.63, 3.8) is 0 Å². The number of hydrogen-bond donors (Lipinski definition) is 1. The third kappa shape index (κ3) is 4.49. The maximum absolute atomic E-state index is 11.1.